The molecule has 1 aromatic carbocycles. The summed E-state index contributed by atoms with van der Waals surface area (Å²) in [5.74, 6) is 3.07. The molecule has 1 fully saturated rings. The maximum Gasteiger partial charge on any atom is 0.232 e. The highest BCUT2D eigenvalue weighted by atomic mass is 32.2. The largest absolute Gasteiger partial charge is 0.372 e. The number of anilines is 1. The normalized spacial score (nSPS) is 15.3. The lowest BCUT2D eigenvalue weighted by Crippen LogP contribution is -2.49. The fraction of sp³-hybridized carbons (Fsp3) is 0.545. The Bertz CT molecular complexity index is 855. The minimum atomic E-state index is 0.239. The molecule has 1 aliphatic heterocycles. The van der Waals surface area contributed by atoms with Crippen LogP contribution in [0.2, 0.25) is 0 Å². The van der Waals surface area contributed by atoms with Crippen LogP contribution in [0.3, 0.4) is 0 Å². The van der Waals surface area contributed by atoms with E-state index in [0.717, 1.165) is 48.7 Å². The predicted molar refractivity (Wildman–Crippen MR) is 128 cm³/mol. The van der Waals surface area contributed by atoms with Crippen molar-refractivity contribution in [2.75, 3.05) is 43.5 Å². The van der Waals surface area contributed by atoms with E-state index in [1.54, 1.807) is 11.8 Å². The van der Waals surface area contributed by atoms with Gasteiger partial charge < -0.3 is 16.0 Å². The van der Waals surface area contributed by atoms with Crippen molar-refractivity contribution >= 4 is 40.8 Å². The van der Waals surface area contributed by atoms with E-state index in [2.05, 4.69) is 42.8 Å². The van der Waals surface area contributed by atoms with Crippen LogP contribution in [-0.2, 0) is 16.1 Å². The lowest BCUT2D eigenvalue weighted by Gasteiger charge is -2.34. The molecule has 170 valence electrons. The van der Waals surface area contributed by atoms with Gasteiger partial charge in [-0.1, -0.05) is 26.0 Å². The molecule has 1 aromatic heterocycles. The Labute approximate surface area is 189 Å². The van der Waals surface area contributed by atoms with Crippen molar-refractivity contribution < 1.29 is 9.59 Å². The number of rotatable bonds is 7. The molecule has 0 saturated carbocycles. The van der Waals surface area contributed by atoms with Gasteiger partial charge in [0.05, 0.1) is 17.8 Å². The van der Waals surface area contributed by atoms with Gasteiger partial charge in [-0.15, -0.1) is 0 Å². The first-order chi connectivity index (χ1) is 14.9. The fourth-order valence-corrected chi connectivity index (χ4v) is 3.69. The molecule has 1 saturated heterocycles. The van der Waals surface area contributed by atoms with Crippen LogP contribution < -0.4 is 11.1 Å². The molecule has 0 unspecified atom stereocenters. The zero-order valence-electron chi connectivity index (χ0n) is 18.9. The summed E-state index contributed by atoms with van der Waals surface area (Å²) in [7, 11) is 0. The number of thioether (sulfide) groups is 1. The minimum Gasteiger partial charge on any atom is -0.372 e. The Hall–Kier alpha value is -2.39. The Morgan fingerprint density at radius 3 is 2.45 bits per heavy atom. The van der Waals surface area contributed by atoms with Crippen molar-refractivity contribution in [3.63, 3.8) is 0 Å². The Balaban J connectivity index is 0.00000107. The molecule has 8 nitrogen and oxygen atoms in total. The molecule has 3 rings (SSSR count). The average Bonchev–Trinajstić information content (AvgIpc) is 2.75. The Morgan fingerprint density at radius 2 is 1.84 bits per heavy atom. The Kier molecular flexibility index (Phi) is 10.00. The number of hydrogen-bond acceptors (Lipinski definition) is 7. The molecular formula is C22H34N6O2S. The number of para-hydroxylation sites is 1. The van der Waals surface area contributed by atoms with E-state index < -0.39 is 0 Å². The van der Waals surface area contributed by atoms with Crippen molar-refractivity contribution in [3.05, 3.63) is 30.1 Å². The summed E-state index contributed by atoms with van der Waals surface area (Å²) in [4.78, 5) is 34.6. The van der Waals surface area contributed by atoms with Crippen LogP contribution in [0, 0.1) is 5.92 Å². The summed E-state index contributed by atoms with van der Waals surface area (Å²) in [6.45, 7) is 10.6. The summed E-state index contributed by atoms with van der Waals surface area (Å²) >= 11 is 1.58. The standard InChI is InChI=1S/C21H31N5OS.CH3NO/c1-15(2)16(3)22-21-17-7-5-6-8-18(17)23-19(24-21)13-25-9-11-26(12-10-25)20(27)14-28-4;2-1-3/h5-8,15-16H,9-14H2,1-4H3,(H,22,23,24);1H,(H2,2,3)/t16-;/m1./s1. The highest BCUT2D eigenvalue weighted by molar-refractivity contribution is 7.99. The second-order valence-electron chi connectivity index (χ2n) is 7.91. The number of primary amides is 1. The molecule has 0 spiro atoms. The van der Waals surface area contributed by atoms with Crippen molar-refractivity contribution in [1.82, 2.24) is 19.8 Å². The maximum absolute atomic E-state index is 12.1. The monoisotopic (exact) mass is 446 g/mol. The number of nitrogens with one attached hydrogen (secondary N) is 1. The van der Waals surface area contributed by atoms with Crippen LogP contribution in [0.5, 0.6) is 0 Å². The van der Waals surface area contributed by atoms with Gasteiger partial charge in [0.1, 0.15) is 11.6 Å². The van der Waals surface area contributed by atoms with Gasteiger partial charge in [0.25, 0.3) is 0 Å². The van der Waals surface area contributed by atoms with E-state index in [1.165, 1.54) is 0 Å². The lowest BCUT2D eigenvalue weighted by molar-refractivity contribution is -0.130. The summed E-state index contributed by atoms with van der Waals surface area (Å²) in [5, 5.41) is 4.63. The third-order valence-corrected chi connectivity index (χ3v) is 5.91. The van der Waals surface area contributed by atoms with Crippen LogP contribution >= 0.6 is 11.8 Å². The number of piperazine rings is 1. The molecule has 0 radical (unpaired) electrons. The van der Waals surface area contributed by atoms with Crippen molar-refractivity contribution in [1.29, 1.82) is 0 Å². The summed E-state index contributed by atoms with van der Waals surface area (Å²) in [5.41, 5.74) is 5.14. The number of carbonyl (C=O) groups excluding carboxylic acids is 2. The zero-order chi connectivity index (χ0) is 22.8. The first-order valence-corrected chi connectivity index (χ1v) is 12.0. The molecule has 3 N–H and O–H groups in total. The van der Waals surface area contributed by atoms with Crippen molar-refractivity contribution in [2.45, 2.75) is 33.4 Å². The number of nitrogens with two attached hydrogens (primary N) is 1. The molecule has 31 heavy (non-hydrogen) atoms. The third kappa shape index (κ3) is 7.36. The third-order valence-electron chi connectivity index (χ3n) is 5.37. The summed E-state index contributed by atoms with van der Waals surface area (Å²) in [6.07, 6.45) is 2.22. The molecular weight excluding hydrogens is 412 g/mol. The van der Waals surface area contributed by atoms with E-state index in [9.17, 15) is 4.79 Å². The summed E-state index contributed by atoms with van der Waals surface area (Å²) in [6, 6.07) is 8.50. The molecule has 0 aliphatic carbocycles. The molecule has 2 heterocycles. The zero-order valence-corrected chi connectivity index (χ0v) is 19.7. The second kappa shape index (κ2) is 12.5. The Morgan fingerprint density at radius 1 is 1.19 bits per heavy atom. The number of aromatic nitrogens is 2. The van der Waals surface area contributed by atoms with E-state index in [0.29, 0.717) is 24.3 Å². The van der Waals surface area contributed by atoms with Crippen LogP contribution in [0.1, 0.15) is 26.6 Å². The van der Waals surface area contributed by atoms with Gasteiger partial charge >= 0.3 is 0 Å². The maximum atomic E-state index is 12.1. The molecule has 0 bridgehead atoms. The molecule has 9 heteroatoms. The van der Waals surface area contributed by atoms with E-state index in [1.807, 2.05) is 29.4 Å². The van der Waals surface area contributed by atoms with Crippen LogP contribution in [-0.4, -0.2) is 76.3 Å². The first kappa shape index (κ1) is 24.9. The molecule has 2 amide bonds. The van der Waals surface area contributed by atoms with E-state index in [4.69, 9.17) is 14.8 Å². The molecule has 1 atom stereocenters. The van der Waals surface area contributed by atoms with Crippen LogP contribution in [0.4, 0.5) is 5.82 Å². The number of nitrogens with zero attached hydrogens (tertiary/aromatic N) is 4. The number of hydrogen-bond donors (Lipinski definition) is 2. The van der Waals surface area contributed by atoms with Crippen molar-refractivity contribution in [2.24, 2.45) is 11.7 Å². The van der Waals surface area contributed by atoms with Crippen LogP contribution in [0.25, 0.3) is 10.9 Å². The number of fused-ring (bicyclic) bond motifs is 1. The lowest BCUT2D eigenvalue weighted by atomic mass is 10.1. The minimum absolute atomic E-state index is 0.239. The van der Waals surface area contributed by atoms with E-state index >= 15 is 0 Å². The van der Waals surface area contributed by atoms with Gasteiger partial charge in [0.15, 0.2) is 0 Å². The molecule has 2 aromatic rings. The van der Waals surface area contributed by atoms with Gasteiger partial charge in [-0.3, -0.25) is 14.5 Å². The smallest absolute Gasteiger partial charge is 0.232 e. The first-order valence-electron chi connectivity index (χ1n) is 10.6. The average molecular weight is 447 g/mol. The van der Waals surface area contributed by atoms with Crippen molar-refractivity contribution in [3.8, 4) is 0 Å². The van der Waals surface area contributed by atoms with Gasteiger partial charge in [-0.05, 0) is 31.2 Å². The topological polar surface area (TPSA) is 104 Å². The van der Waals surface area contributed by atoms with Gasteiger partial charge in [0.2, 0.25) is 12.3 Å². The number of benzene rings is 1. The van der Waals surface area contributed by atoms with Gasteiger partial charge in [-0.25, -0.2) is 9.97 Å². The SMILES string of the molecule is CSCC(=O)N1CCN(Cc2nc(N[C@H](C)C(C)C)c3ccccc3n2)CC1.NC=O. The van der Waals surface area contributed by atoms with E-state index in [-0.39, 0.29) is 12.3 Å². The molecule has 1 aliphatic rings. The van der Waals surface area contributed by atoms with Gasteiger partial charge in [0, 0.05) is 37.6 Å². The second-order valence-corrected chi connectivity index (χ2v) is 8.77. The number of carbonyl (C=O) groups is 2. The highest BCUT2D eigenvalue weighted by Gasteiger charge is 2.22. The quantitative estimate of drug-likeness (QED) is 0.628. The van der Waals surface area contributed by atoms with Crippen LogP contribution in [0.15, 0.2) is 24.3 Å². The van der Waals surface area contributed by atoms with Gasteiger partial charge in [-0.2, -0.15) is 11.8 Å². The summed E-state index contributed by atoms with van der Waals surface area (Å²) < 4.78 is 0. The highest BCUT2D eigenvalue weighted by Crippen LogP contribution is 2.22. The number of amides is 2. The predicted octanol–water partition coefficient (Wildman–Crippen LogP) is 2.19. The fourth-order valence-electron chi connectivity index (χ4n) is 3.26.